The van der Waals surface area contributed by atoms with E-state index < -0.39 is 36.5 Å². The number of hydrogen-bond acceptors (Lipinski definition) is 5. The number of rotatable bonds is 3. The van der Waals surface area contributed by atoms with Crippen LogP contribution in [0.2, 0.25) is 0 Å². The van der Waals surface area contributed by atoms with Gasteiger partial charge in [-0.15, -0.1) is 11.3 Å². The van der Waals surface area contributed by atoms with Gasteiger partial charge in [-0.05, 0) is 6.92 Å². The molecule has 0 unspecified atom stereocenters. The van der Waals surface area contributed by atoms with Gasteiger partial charge in [0.25, 0.3) is 9.05 Å². The van der Waals surface area contributed by atoms with Gasteiger partial charge in [0.2, 0.25) is 0 Å². The number of carbonyl (C=O) groups is 1. The topological polar surface area (TPSA) is 60.4 Å². The molecular weight excluding hydrogens is 317 g/mol. The molecule has 1 rings (SSSR count). The molecule has 0 N–H and O–H groups in total. The Morgan fingerprint density at radius 3 is 2.44 bits per heavy atom. The predicted molar refractivity (Wildman–Crippen MR) is 58.3 cm³/mol. The lowest BCUT2D eigenvalue weighted by Gasteiger charge is -2.06. The Bertz CT molecular complexity index is 561. The molecule has 4 nitrogen and oxygen atoms in total. The lowest BCUT2D eigenvalue weighted by atomic mass is 10.3. The monoisotopic (exact) mass is 322 g/mol. The summed E-state index contributed by atoms with van der Waals surface area (Å²) in [6, 6.07) is 0. The molecule has 0 bridgehead atoms. The smallest absolute Gasteiger partial charge is 0.426 e. The SMILES string of the molecule is CCOC(=O)c1csc(C(F)(F)F)c1S(=O)(=O)Cl. The van der Waals surface area contributed by atoms with E-state index in [1.807, 2.05) is 0 Å². The normalized spacial score (nSPS) is 12.5. The van der Waals surface area contributed by atoms with Crippen LogP contribution in [0.3, 0.4) is 0 Å². The molecule has 1 heterocycles. The largest absolute Gasteiger partial charge is 0.462 e. The van der Waals surface area contributed by atoms with Gasteiger partial charge in [0, 0.05) is 16.1 Å². The van der Waals surface area contributed by atoms with Gasteiger partial charge in [-0.2, -0.15) is 13.2 Å². The summed E-state index contributed by atoms with van der Waals surface area (Å²) in [6.45, 7) is 1.33. The van der Waals surface area contributed by atoms with Crippen LogP contribution in [0.25, 0.3) is 0 Å². The molecule has 0 aliphatic carbocycles. The molecule has 0 fully saturated rings. The van der Waals surface area contributed by atoms with E-state index in [2.05, 4.69) is 4.74 Å². The van der Waals surface area contributed by atoms with E-state index in [0.29, 0.717) is 0 Å². The molecule has 0 spiro atoms. The van der Waals surface area contributed by atoms with Crippen molar-refractivity contribution in [2.45, 2.75) is 18.0 Å². The number of esters is 1. The molecule has 102 valence electrons. The molecule has 18 heavy (non-hydrogen) atoms. The minimum Gasteiger partial charge on any atom is -0.462 e. The Hall–Kier alpha value is -0.800. The Morgan fingerprint density at radius 2 is 2.06 bits per heavy atom. The summed E-state index contributed by atoms with van der Waals surface area (Å²) in [5.74, 6) is -1.16. The molecule has 0 aliphatic heterocycles. The minimum absolute atomic E-state index is 0.0747. The fourth-order valence-electron chi connectivity index (χ4n) is 1.13. The Kier molecular flexibility index (Phi) is 4.29. The fraction of sp³-hybridized carbons (Fsp3) is 0.375. The van der Waals surface area contributed by atoms with Crippen LogP contribution in [0.5, 0.6) is 0 Å². The summed E-state index contributed by atoms with van der Waals surface area (Å²) in [6.07, 6.45) is -4.91. The van der Waals surface area contributed by atoms with Crippen LogP contribution in [0.4, 0.5) is 13.2 Å². The maximum Gasteiger partial charge on any atom is 0.426 e. The lowest BCUT2D eigenvalue weighted by molar-refractivity contribution is -0.136. The standard InChI is InChI=1S/C8H6ClF3O4S2/c1-2-16-7(13)4-3-17-6(8(10,11)12)5(4)18(9,14)15/h3H,2H2,1H3. The molecule has 0 atom stereocenters. The molecule has 0 aromatic carbocycles. The lowest BCUT2D eigenvalue weighted by Crippen LogP contribution is -2.12. The number of halogens is 4. The number of thiophene rings is 1. The van der Waals surface area contributed by atoms with Crippen molar-refractivity contribution in [3.8, 4) is 0 Å². The van der Waals surface area contributed by atoms with Gasteiger partial charge in [0.1, 0.15) is 9.77 Å². The summed E-state index contributed by atoms with van der Waals surface area (Å²) in [4.78, 5) is 8.65. The highest BCUT2D eigenvalue weighted by atomic mass is 35.7. The van der Waals surface area contributed by atoms with Crippen molar-refractivity contribution < 1.29 is 31.1 Å². The molecule has 0 saturated carbocycles. The predicted octanol–water partition coefficient (Wildman–Crippen LogP) is 2.87. The Labute approximate surface area is 109 Å². The molecule has 1 aromatic rings. The summed E-state index contributed by atoms with van der Waals surface area (Å²) < 4.78 is 64.5. The maximum absolute atomic E-state index is 12.6. The minimum atomic E-state index is -4.91. The summed E-state index contributed by atoms with van der Waals surface area (Å²) in [5.41, 5.74) is -0.704. The molecule has 0 radical (unpaired) electrons. The average molecular weight is 323 g/mol. The van der Waals surface area contributed by atoms with Crippen molar-refractivity contribution in [2.75, 3.05) is 6.61 Å². The van der Waals surface area contributed by atoms with Gasteiger partial charge in [-0.25, -0.2) is 13.2 Å². The van der Waals surface area contributed by atoms with Gasteiger partial charge < -0.3 is 4.74 Å². The number of hydrogen-bond donors (Lipinski definition) is 0. The zero-order chi connectivity index (χ0) is 14.1. The Morgan fingerprint density at radius 1 is 1.50 bits per heavy atom. The van der Waals surface area contributed by atoms with E-state index >= 15 is 0 Å². The van der Waals surface area contributed by atoms with Gasteiger partial charge in [0.05, 0.1) is 12.2 Å². The maximum atomic E-state index is 12.6. The van der Waals surface area contributed by atoms with E-state index in [1.54, 1.807) is 0 Å². The third kappa shape index (κ3) is 3.15. The molecule has 10 heteroatoms. The van der Waals surface area contributed by atoms with E-state index in [0.717, 1.165) is 5.38 Å². The zero-order valence-electron chi connectivity index (χ0n) is 8.75. The van der Waals surface area contributed by atoms with Crippen molar-refractivity contribution in [3.05, 3.63) is 15.8 Å². The summed E-state index contributed by atoms with van der Waals surface area (Å²) in [7, 11) is 0.226. The van der Waals surface area contributed by atoms with Crippen LogP contribution in [0, 0.1) is 0 Å². The van der Waals surface area contributed by atoms with E-state index in [4.69, 9.17) is 10.7 Å². The van der Waals surface area contributed by atoms with Gasteiger partial charge >= 0.3 is 12.1 Å². The molecule has 0 saturated heterocycles. The van der Waals surface area contributed by atoms with Crippen LogP contribution in [-0.4, -0.2) is 21.0 Å². The van der Waals surface area contributed by atoms with Crippen molar-refractivity contribution in [1.29, 1.82) is 0 Å². The third-order valence-electron chi connectivity index (χ3n) is 1.74. The van der Waals surface area contributed by atoms with Gasteiger partial charge in [0.15, 0.2) is 0 Å². The second kappa shape index (κ2) is 5.06. The molecule has 1 aromatic heterocycles. The quantitative estimate of drug-likeness (QED) is 0.634. The number of alkyl halides is 3. The van der Waals surface area contributed by atoms with E-state index in [1.165, 1.54) is 6.92 Å². The first-order chi connectivity index (χ1) is 8.09. The zero-order valence-corrected chi connectivity index (χ0v) is 11.1. The van der Waals surface area contributed by atoms with Crippen molar-refractivity contribution in [1.82, 2.24) is 0 Å². The van der Waals surface area contributed by atoms with Gasteiger partial charge in [-0.3, -0.25) is 0 Å². The van der Waals surface area contributed by atoms with Crippen molar-refractivity contribution >= 4 is 37.0 Å². The van der Waals surface area contributed by atoms with Crippen LogP contribution in [0.15, 0.2) is 10.3 Å². The van der Waals surface area contributed by atoms with Crippen molar-refractivity contribution in [3.63, 3.8) is 0 Å². The highest BCUT2D eigenvalue weighted by Gasteiger charge is 2.42. The third-order valence-corrected chi connectivity index (χ3v) is 4.27. The van der Waals surface area contributed by atoms with Crippen LogP contribution in [-0.2, 0) is 20.0 Å². The van der Waals surface area contributed by atoms with Gasteiger partial charge in [-0.1, -0.05) is 0 Å². The Balaban J connectivity index is 3.49. The first kappa shape index (κ1) is 15.3. The van der Waals surface area contributed by atoms with Crippen LogP contribution >= 0.6 is 22.0 Å². The van der Waals surface area contributed by atoms with Crippen LogP contribution < -0.4 is 0 Å². The first-order valence-electron chi connectivity index (χ1n) is 4.39. The highest BCUT2D eigenvalue weighted by molar-refractivity contribution is 8.14. The highest BCUT2D eigenvalue weighted by Crippen LogP contribution is 2.41. The van der Waals surface area contributed by atoms with E-state index in [9.17, 15) is 26.4 Å². The first-order valence-corrected chi connectivity index (χ1v) is 7.58. The van der Waals surface area contributed by atoms with E-state index in [-0.39, 0.29) is 17.9 Å². The molecular formula is C8H6ClF3O4S2. The van der Waals surface area contributed by atoms with Crippen LogP contribution in [0.1, 0.15) is 22.2 Å². The second-order valence-corrected chi connectivity index (χ2v) is 6.35. The molecule has 0 aliphatic rings. The summed E-state index contributed by atoms with van der Waals surface area (Å²) >= 11 is 0.0747. The summed E-state index contributed by atoms with van der Waals surface area (Å²) in [5, 5.41) is 0.760. The van der Waals surface area contributed by atoms with Crippen molar-refractivity contribution in [2.24, 2.45) is 0 Å². The number of ether oxygens (including phenoxy) is 1. The fourth-order valence-corrected chi connectivity index (χ4v) is 3.84. The number of carbonyl (C=O) groups excluding carboxylic acids is 1. The average Bonchev–Trinajstić information content (AvgIpc) is 2.60. The molecule has 0 amide bonds. The second-order valence-electron chi connectivity index (χ2n) is 2.96.